The predicted molar refractivity (Wildman–Crippen MR) is 140 cm³/mol. The van der Waals surface area contributed by atoms with Crippen molar-refractivity contribution in [1.29, 1.82) is 0 Å². The van der Waals surface area contributed by atoms with E-state index in [2.05, 4.69) is 40.3 Å². The summed E-state index contributed by atoms with van der Waals surface area (Å²) >= 11 is 0. The summed E-state index contributed by atoms with van der Waals surface area (Å²) in [6.45, 7) is 15.3. The third-order valence-corrected chi connectivity index (χ3v) is 5.66. The lowest BCUT2D eigenvalue weighted by molar-refractivity contribution is 0.454. The van der Waals surface area contributed by atoms with Crippen molar-refractivity contribution in [3.8, 4) is 0 Å². The Morgan fingerprint density at radius 2 is 1.88 bits per heavy atom. The summed E-state index contributed by atoms with van der Waals surface area (Å²) in [5, 5.41) is 3.27. The highest BCUT2D eigenvalue weighted by Crippen LogP contribution is 2.26. The molecule has 0 aliphatic heterocycles. The van der Waals surface area contributed by atoms with Crippen molar-refractivity contribution in [3.63, 3.8) is 0 Å². The fourth-order valence-corrected chi connectivity index (χ4v) is 3.68. The topological polar surface area (TPSA) is 46.0 Å². The third kappa shape index (κ3) is 5.90. The van der Waals surface area contributed by atoms with Gasteiger partial charge in [-0.3, -0.25) is 4.98 Å². The number of hydrogen-bond donors (Lipinski definition) is 1. The number of anilines is 1. The number of benzene rings is 1. The first-order chi connectivity index (χ1) is 16.2. The van der Waals surface area contributed by atoms with Crippen molar-refractivity contribution in [2.75, 3.05) is 18.9 Å². The number of allylic oxidation sites excluding steroid dienone is 2. The summed E-state index contributed by atoms with van der Waals surface area (Å²) in [5.41, 5.74) is 6.50. The fraction of sp³-hybridized carbons (Fsp3) is 0.214. The van der Waals surface area contributed by atoms with Gasteiger partial charge in [-0.2, -0.15) is 0 Å². The minimum absolute atomic E-state index is 0.249. The standard InChI is InChI=1S/C28H32FN5/c1-8-33(6)28(21(4)23-10-12-25(29)13-11-23)19(2)9-14-27-32-26(18-34(27)7)31-22(5)24-15-16-30-20(3)17-24/h9-18,31H,2,5,8H2,1,3-4,6-7H3/b14-9-,28-21+. The van der Waals surface area contributed by atoms with E-state index in [0.717, 1.165) is 51.7 Å². The van der Waals surface area contributed by atoms with E-state index in [-0.39, 0.29) is 5.82 Å². The van der Waals surface area contributed by atoms with Gasteiger partial charge in [0.05, 0.1) is 0 Å². The van der Waals surface area contributed by atoms with E-state index in [1.165, 1.54) is 12.1 Å². The average molecular weight is 458 g/mol. The zero-order valence-electron chi connectivity index (χ0n) is 20.6. The molecule has 0 fully saturated rings. The molecule has 0 radical (unpaired) electrons. The van der Waals surface area contributed by atoms with Crippen molar-refractivity contribution in [3.05, 3.63) is 108 Å². The Morgan fingerprint density at radius 3 is 2.53 bits per heavy atom. The molecule has 0 amide bonds. The number of nitrogens with one attached hydrogen (secondary N) is 1. The van der Waals surface area contributed by atoms with Crippen LogP contribution >= 0.6 is 0 Å². The van der Waals surface area contributed by atoms with Crippen LogP contribution in [-0.2, 0) is 7.05 Å². The number of rotatable bonds is 9. The first-order valence-corrected chi connectivity index (χ1v) is 11.2. The van der Waals surface area contributed by atoms with E-state index in [9.17, 15) is 4.39 Å². The first-order valence-electron chi connectivity index (χ1n) is 11.2. The summed E-state index contributed by atoms with van der Waals surface area (Å²) in [4.78, 5) is 11.0. The van der Waals surface area contributed by atoms with Gasteiger partial charge in [0.1, 0.15) is 17.5 Å². The molecule has 0 unspecified atom stereocenters. The minimum atomic E-state index is -0.249. The molecular weight excluding hydrogens is 425 g/mol. The van der Waals surface area contributed by atoms with Crippen LogP contribution in [0.5, 0.6) is 0 Å². The number of aromatic nitrogens is 3. The summed E-state index contributed by atoms with van der Waals surface area (Å²) in [6, 6.07) is 10.4. The lowest BCUT2D eigenvalue weighted by atomic mass is 10.0. The van der Waals surface area contributed by atoms with Crippen LogP contribution < -0.4 is 5.32 Å². The Labute approximate surface area is 201 Å². The number of pyridine rings is 1. The first kappa shape index (κ1) is 24.7. The SMILES string of the molecule is C=C(/C=C\c1nc(NC(=C)c2ccnc(C)c2)cn1C)/C(=C(/C)c1ccc(F)cc1)N(C)CC. The van der Waals surface area contributed by atoms with Crippen LogP contribution in [0.25, 0.3) is 17.3 Å². The lowest BCUT2D eigenvalue weighted by Gasteiger charge is -2.24. The van der Waals surface area contributed by atoms with E-state index in [1.807, 2.05) is 63.0 Å². The van der Waals surface area contributed by atoms with Gasteiger partial charge in [-0.15, -0.1) is 0 Å². The minimum Gasteiger partial charge on any atom is -0.374 e. The van der Waals surface area contributed by atoms with Gasteiger partial charge in [0.2, 0.25) is 0 Å². The van der Waals surface area contributed by atoms with Gasteiger partial charge < -0.3 is 14.8 Å². The van der Waals surface area contributed by atoms with Crippen LogP contribution in [-0.4, -0.2) is 33.0 Å². The smallest absolute Gasteiger partial charge is 0.149 e. The average Bonchev–Trinajstić information content (AvgIpc) is 3.16. The van der Waals surface area contributed by atoms with Gasteiger partial charge in [0.25, 0.3) is 0 Å². The molecule has 0 bridgehead atoms. The Bertz CT molecular complexity index is 1250. The normalized spacial score (nSPS) is 11.9. The van der Waals surface area contributed by atoms with Crippen LogP contribution in [0.1, 0.15) is 36.5 Å². The summed E-state index contributed by atoms with van der Waals surface area (Å²) in [7, 11) is 3.97. The quantitative estimate of drug-likeness (QED) is 0.383. The zero-order chi connectivity index (χ0) is 24.8. The number of hydrogen-bond acceptors (Lipinski definition) is 4. The largest absolute Gasteiger partial charge is 0.374 e. The number of aryl methyl sites for hydroxylation is 2. The number of likely N-dealkylation sites (N-methyl/N-ethyl adjacent to an activating group) is 1. The van der Waals surface area contributed by atoms with E-state index in [0.29, 0.717) is 5.82 Å². The van der Waals surface area contributed by atoms with Gasteiger partial charge in [-0.05, 0) is 73.9 Å². The number of nitrogens with zero attached hydrogens (tertiary/aromatic N) is 4. The monoisotopic (exact) mass is 457 g/mol. The van der Waals surface area contributed by atoms with Gasteiger partial charge >= 0.3 is 0 Å². The van der Waals surface area contributed by atoms with Crippen molar-refractivity contribution in [1.82, 2.24) is 19.4 Å². The molecule has 34 heavy (non-hydrogen) atoms. The molecule has 176 valence electrons. The highest BCUT2D eigenvalue weighted by atomic mass is 19.1. The molecule has 3 aromatic rings. The molecule has 3 rings (SSSR count). The highest BCUT2D eigenvalue weighted by Gasteiger charge is 2.12. The van der Waals surface area contributed by atoms with Crippen LogP contribution in [0.15, 0.2) is 79.3 Å². The highest BCUT2D eigenvalue weighted by molar-refractivity contribution is 5.74. The van der Waals surface area contributed by atoms with Crippen LogP contribution in [0.2, 0.25) is 0 Å². The maximum atomic E-state index is 13.4. The molecule has 0 spiro atoms. The van der Waals surface area contributed by atoms with Crippen molar-refractivity contribution in [2.45, 2.75) is 20.8 Å². The summed E-state index contributed by atoms with van der Waals surface area (Å²) < 4.78 is 15.3. The Kier molecular flexibility index (Phi) is 7.84. The molecule has 1 N–H and O–H groups in total. The summed E-state index contributed by atoms with van der Waals surface area (Å²) in [5.74, 6) is 1.23. The van der Waals surface area contributed by atoms with E-state index < -0.39 is 0 Å². The molecule has 0 saturated carbocycles. The maximum absolute atomic E-state index is 13.4. The third-order valence-electron chi connectivity index (χ3n) is 5.66. The lowest BCUT2D eigenvalue weighted by Crippen LogP contribution is -2.19. The molecule has 2 aromatic heterocycles. The van der Waals surface area contributed by atoms with Gasteiger partial charge in [-0.25, -0.2) is 9.37 Å². The second-order valence-electron chi connectivity index (χ2n) is 8.24. The number of imidazole rings is 1. The predicted octanol–water partition coefficient (Wildman–Crippen LogP) is 6.30. The second-order valence-corrected chi connectivity index (χ2v) is 8.24. The molecular formula is C28H32FN5. The summed E-state index contributed by atoms with van der Waals surface area (Å²) in [6.07, 6.45) is 7.58. The molecule has 5 nitrogen and oxygen atoms in total. The molecule has 0 atom stereocenters. The second kappa shape index (κ2) is 10.8. The Morgan fingerprint density at radius 1 is 1.18 bits per heavy atom. The molecule has 0 aliphatic rings. The van der Waals surface area contributed by atoms with E-state index in [4.69, 9.17) is 0 Å². The molecule has 6 heteroatoms. The van der Waals surface area contributed by atoms with Gasteiger partial charge in [0, 0.05) is 55.7 Å². The van der Waals surface area contributed by atoms with Crippen LogP contribution in [0.4, 0.5) is 10.2 Å². The van der Waals surface area contributed by atoms with Crippen molar-refractivity contribution < 1.29 is 4.39 Å². The van der Waals surface area contributed by atoms with Crippen LogP contribution in [0, 0.1) is 12.7 Å². The van der Waals surface area contributed by atoms with E-state index in [1.54, 1.807) is 18.3 Å². The van der Waals surface area contributed by atoms with E-state index >= 15 is 0 Å². The van der Waals surface area contributed by atoms with Gasteiger partial charge in [-0.1, -0.05) is 25.3 Å². The molecule has 2 heterocycles. The van der Waals surface area contributed by atoms with Crippen LogP contribution in [0.3, 0.4) is 0 Å². The van der Waals surface area contributed by atoms with Crippen molar-refractivity contribution in [2.24, 2.45) is 7.05 Å². The Balaban J connectivity index is 1.82. The van der Waals surface area contributed by atoms with Crippen molar-refractivity contribution >= 4 is 23.2 Å². The molecule has 1 aromatic carbocycles. The van der Waals surface area contributed by atoms with Gasteiger partial charge in [0.15, 0.2) is 0 Å². The molecule has 0 aliphatic carbocycles. The molecule has 0 saturated heterocycles. The Hall–Kier alpha value is -3.93. The zero-order valence-corrected chi connectivity index (χ0v) is 20.6. The number of halogens is 1. The maximum Gasteiger partial charge on any atom is 0.149 e. The fourth-order valence-electron chi connectivity index (χ4n) is 3.68.